The van der Waals surface area contributed by atoms with Crippen LogP contribution in [0.5, 0.6) is 11.5 Å². The smallest absolute Gasteiger partial charge is 0.253 e. The zero-order chi connectivity index (χ0) is 23.0. The zero-order valence-corrected chi connectivity index (χ0v) is 19.3. The summed E-state index contributed by atoms with van der Waals surface area (Å²) in [5.41, 5.74) is 1.66. The lowest BCUT2D eigenvalue weighted by Gasteiger charge is -2.29. The van der Waals surface area contributed by atoms with Crippen molar-refractivity contribution in [3.8, 4) is 11.5 Å². The highest BCUT2D eigenvalue weighted by Gasteiger charge is 2.19. The molecule has 33 heavy (non-hydrogen) atoms. The first kappa shape index (κ1) is 22.9. The lowest BCUT2D eigenvalue weighted by molar-refractivity contribution is 0.0955. The van der Waals surface area contributed by atoms with Crippen LogP contribution < -0.4 is 19.7 Å². The third-order valence-corrected chi connectivity index (χ3v) is 5.64. The molecule has 1 aromatic heterocycles. The van der Waals surface area contributed by atoms with Crippen molar-refractivity contribution in [1.82, 2.24) is 10.3 Å². The summed E-state index contributed by atoms with van der Waals surface area (Å²) in [6.45, 7) is 8.54. The van der Waals surface area contributed by atoms with Gasteiger partial charge in [0.2, 0.25) is 0 Å². The van der Waals surface area contributed by atoms with Crippen LogP contribution >= 0.6 is 0 Å². The molecular weight excluding hydrogens is 418 g/mol. The number of pyridine rings is 1. The normalized spacial score (nSPS) is 13.7. The van der Waals surface area contributed by atoms with Gasteiger partial charge in [-0.1, -0.05) is 30.3 Å². The Morgan fingerprint density at radius 1 is 1.03 bits per heavy atom. The Hall–Kier alpha value is -3.32. The van der Waals surface area contributed by atoms with E-state index in [0.717, 1.165) is 46.7 Å². The van der Waals surface area contributed by atoms with Crippen molar-refractivity contribution >= 4 is 22.5 Å². The number of nitrogens with zero attached hydrogens (tertiary/aromatic N) is 2. The molecule has 1 N–H and O–H groups in total. The van der Waals surface area contributed by atoms with E-state index < -0.39 is 0 Å². The Labute approximate surface area is 194 Å². The number of fused-ring (bicyclic) bond motifs is 1. The Morgan fingerprint density at radius 2 is 1.76 bits per heavy atom. The first-order valence-electron chi connectivity index (χ1n) is 11.6. The van der Waals surface area contributed by atoms with Gasteiger partial charge in [-0.05, 0) is 43.4 Å². The van der Waals surface area contributed by atoms with Crippen LogP contribution in [0.15, 0.2) is 48.7 Å². The monoisotopic (exact) mass is 449 g/mol. The van der Waals surface area contributed by atoms with Gasteiger partial charge in [-0.2, -0.15) is 0 Å². The van der Waals surface area contributed by atoms with Crippen LogP contribution in [0.1, 0.15) is 29.8 Å². The van der Waals surface area contributed by atoms with E-state index in [1.807, 2.05) is 56.3 Å². The van der Waals surface area contributed by atoms with Gasteiger partial charge < -0.3 is 24.4 Å². The summed E-state index contributed by atoms with van der Waals surface area (Å²) >= 11 is 0. The molecule has 2 heterocycles. The zero-order valence-electron chi connectivity index (χ0n) is 19.3. The van der Waals surface area contributed by atoms with E-state index in [9.17, 15) is 4.79 Å². The van der Waals surface area contributed by atoms with E-state index in [2.05, 4.69) is 15.2 Å². The van der Waals surface area contributed by atoms with Crippen molar-refractivity contribution in [2.75, 3.05) is 51.0 Å². The van der Waals surface area contributed by atoms with Crippen LogP contribution in [0.2, 0.25) is 0 Å². The number of benzene rings is 2. The van der Waals surface area contributed by atoms with Crippen molar-refractivity contribution in [2.45, 2.75) is 20.3 Å². The summed E-state index contributed by atoms with van der Waals surface area (Å²) in [6.07, 6.45) is 2.38. The number of hydrogen-bond acceptors (Lipinski definition) is 6. The van der Waals surface area contributed by atoms with E-state index in [1.54, 1.807) is 6.20 Å². The van der Waals surface area contributed by atoms with Gasteiger partial charge >= 0.3 is 0 Å². The molecule has 1 aliphatic heterocycles. The molecule has 7 heteroatoms. The second kappa shape index (κ2) is 11.0. The maximum absolute atomic E-state index is 13.0. The molecule has 1 saturated heterocycles. The molecule has 0 spiro atoms. The fraction of sp³-hybridized carbons (Fsp3) is 0.385. The van der Waals surface area contributed by atoms with E-state index >= 15 is 0 Å². The lowest BCUT2D eigenvalue weighted by atomic mass is 10.1. The second-order valence-corrected chi connectivity index (χ2v) is 7.79. The number of amides is 1. The molecule has 1 aliphatic rings. The molecule has 3 aromatic rings. The first-order valence-corrected chi connectivity index (χ1v) is 11.6. The number of carbonyl (C=O) groups excluding carboxylic acids is 1. The van der Waals surface area contributed by atoms with Crippen LogP contribution in [0.3, 0.4) is 0 Å². The number of aromatic nitrogens is 1. The fourth-order valence-corrected chi connectivity index (χ4v) is 4.05. The van der Waals surface area contributed by atoms with Crippen molar-refractivity contribution in [3.63, 3.8) is 0 Å². The van der Waals surface area contributed by atoms with Crippen LogP contribution in [-0.4, -0.2) is 57.0 Å². The highest BCUT2D eigenvalue weighted by Crippen LogP contribution is 2.29. The van der Waals surface area contributed by atoms with Crippen LogP contribution in [0.4, 0.5) is 5.82 Å². The standard InChI is InChI=1S/C26H31N3O4/c1-3-32-23-10-9-19(17-24(23)33-4-2)11-12-27-26(30)22-18-28-25(29-13-15-31-16-14-29)21-8-6-5-7-20(21)22/h5-10,17-18H,3-4,11-16H2,1-2H3,(H,27,30). The second-order valence-electron chi connectivity index (χ2n) is 7.79. The third-order valence-electron chi connectivity index (χ3n) is 5.64. The molecule has 7 nitrogen and oxygen atoms in total. The molecule has 0 radical (unpaired) electrons. The van der Waals surface area contributed by atoms with E-state index in [-0.39, 0.29) is 5.91 Å². The SMILES string of the molecule is CCOc1ccc(CCNC(=O)c2cnc(N3CCOCC3)c3ccccc23)cc1OCC. The highest BCUT2D eigenvalue weighted by molar-refractivity contribution is 6.09. The molecule has 0 saturated carbocycles. The lowest BCUT2D eigenvalue weighted by Crippen LogP contribution is -2.37. The van der Waals surface area contributed by atoms with E-state index in [1.165, 1.54) is 0 Å². The topological polar surface area (TPSA) is 72.9 Å². The minimum atomic E-state index is -0.122. The van der Waals surface area contributed by atoms with Crippen LogP contribution in [-0.2, 0) is 11.2 Å². The summed E-state index contributed by atoms with van der Waals surface area (Å²) in [7, 11) is 0. The number of nitrogens with one attached hydrogen (secondary N) is 1. The van der Waals surface area contributed by atoms with Gasteiger partial charge in [-0.25, -0.2) is 4.98 Å². The average molecular weight is 450 g/mol. The third kappa shape index (κ3) is 5.37. The number of anilines is 1. The Kier molecular flexibility index (Phi) is 7.62. The largest absolute Gasteiger partial charge is 0.490 e. The Morgan fingerprint density at radius 3 is 2.52 bits per heavy atom. The van der Waals surface area contributed by atoms with Gasteiger partial charge in [-0.3, -0.25) is 4.79 Å². The fourth-order valence-electron chi connectivity index (χ4n) is 4.05. The molecule has 0 aliphatic carbocycles. The summed E-state index contributed by atoms with van der Waals surface area (Å²) in [5.74, 6) is 2.26. The average Bonchev–Trinajstić information content (AvgIpc) is 2.85. The molecule has 2 aromatic carbocycles. The molecule has 0 unspecified atom stereocenters. The molecule has 1 fully saturated rings. The first-order chi connectivity index (χ1) is 16.2. The number of rotatable bonds is 9. The van der Waals surface area contributed by atoms with E-state index in [4.69, 9.17) is 14.2 Å². The molecule has 4 rings (SSSR count). The maximum Gasteiger partial charge on any atom is 0.253 e. The van der Waals surface area contributed by atoms with Crippen molar-refractivity contribution < 1.29 is 19.0 Å². The van der Waals surface area contributed by atoms with Gasteiger partial charge in [0.25, 0.3) is 5.91 Å². The highest BCUT2D eigenvalue weighted by atomic mass is 16.5. The minimum Gasteiger partial charge on any atom is -0.490 e. The van der Waals surface area contributed by atoms with Gasteiger partial charge in [0, 0.05) is 31.2 Å². The van der Waals surface area contributed by atoms with Crippen LogP contribution in [0.25, 0.3) is 10.8 Å². The van der Waals surface area contributed by atoms with Crippen molar-refractivity contribution in [1.29, 1.82) is 0 Å². The summed E-state index contributed by atoms with van der Waals surface area (Å²) in [6, 6.07) is 13.9. The predicted octanol–water partition coefficient (Wildman–Crippen LogP) is 3.84. The number of carbonyl (C=O) groups is 1. The van der Waals surface area contributed by atoms with Gasteiger partial charge in [0.1, 0.15) is 5.82 Å². The van der Waals surface area contributed by atoms with Crippen molar-refractivity contribution in [2.24, 2.45) is 0 Å². The minimum absolute atomic E-state index is 0.122. The Balaban J connectivity index is 1.46. The molecule has 0 atom stereocenters. The predicted molar refractivity (Wildman–Crippen MR) is 130 cm³/mol. The summed E-state index contributed by atoms with van der Waals surface area (Å²) in [5, 5.41) is 4.94. The summed E-state index contributed by atoms with van der Waals surface area (Å²) in [4.78, 5) is 19.9. The van der Waals surface area contributed by atoms with Gasteiger partial charge in [0.05, 0.1) is 32.0 Å². The molecule has 174 valence electrons. The van der Waals surface area contributed by atoms with E-state index in [0.29, 0.717) is 45.0 Å². The van der Waals surface area contributed by atoms with Gasteiger partial charge in [-0.15, -0.1) is 0 Å². The molecular formula is C26H31N3O4. The Bertz CT molecular complexity index is 1100. The maximum atomic E-state index is 13.0. The molecule has 1 amide bonds. The number of ether oxygens (including phenoxy) is 3. The summed E-state index contributed by atoms with van der Waals surface area (Å²) < 4.78 is 16.8. The quantitative estimate of drug-likeness (QED) is 0.535. The molecule has 0 bridgehead atoms. The van der Waals surface area contributed by atoms with Gasteiger partial charge in [0.15, 0.2) is 11.5 Å². The number of morpholine rings is 1. The number of hydrogen-bond donors (Lipinski definition) is 1. The van der Waals surface area contributed by atoms with Crippen LogP contribution in [0, 0.1) is 0 Å². The van der Waals surface area contributed by atoms with Crippen molar-refractivity contribution in [3.05, 3.63) is 59.8 Å².